The van der Waals surface area contributed by atoms with Crippen LogP contribution < -0.4 is 10.2 Å². The number of hydrogen-bond donors (Lipinski definition) is 1. The third kappa shape index (κ3) is 5.19. The van der Waals surface area contributed by atoms with Crippen molar-refractivity contribution in [2.45, 2.75) is 24.2 Å². The van der Waals surface area contributed by atoms with Crippen LogP contribution in [0.3, 0.4) is 0 Å². The zero-order valence-electron chi connectivity index (χ0n) is 14.7. The Kier molecular flexibility index (Phi) is 6.28. The van der Waals surface area contributed by atoms with E-state index in [1.165, 1.54) is 42.4 Å². The van der Waals surface area contributed by atoms with Gasteiger partial charge in [0.2, 0.25) is 5.91 Å². The van der Waals surface area contributed by atoms with Gasteiger partial charge in [0, 0.05) is 30.1 Å². The van der Waals surface area contributed by atoms with Crippen LogP contribution in [0.15, 0.2) is 47.4 Å². The summed E-state index contributed by atoms with van der Waals surface area (Å²) in [5, 5.41) is 13.5. The van der Waals surface area contributed by atoms with Gasteiger partial charge in [-0.2, -0.15) is 0 Å². The van der Waals surface area contributed by atoms with Crippen molar-refractivity contribution in [3.8, 4) is 0 Å². The highest BCUT2D eigenvalue weighted by Crippen LogP contribution is 2.30. The number of nitrogens with zero attached hydrogens (tertiary/aromatic N) is 2. The second kappa shape index (κ2) is 8.85. The molecule has 2 aromatic carbocycles. The fraction of sp³-hybridized carbons (Fsp3) is 0.316. The molecule has 1 fully saturated rings. The maximum absolute atomic E-state index is 13.7. The van der Waals surface area contributed by atoms with E-state index >= 15 is 0 Å². The summed E-state index contributed by atoms with van der Waals surface area (Å²) in [6.45, 7) is 1.79. The lowest BCUT2D eigenvalue weighted by atomic mass is 10.1. The van der Waals surface area contributed by atoms with Gasteiger partial charge >= 0.3 is 0 Å². The number of hydrogen-bond acceptors (Lipinski definition) is 5. The number of piperidine rings is 1. The molecule has 1 amide bonds. The molecule has 2 aromatic rings. The molecule has 0 spiro atoms. The molecule has 0 radical (unpaired) electrons. The van der Waals surface area contributed by atoms with E-state index in [2.05, 4.69) is 10.2 Å². The molecule has 0 atom stereocenters. The van der Waals surface area contributed by atoms with E-state index in [1.54, 1.807) is 18.2 Å². The number of halogens is 1. The third-order valence-corrected chi connectivity index (χ3v) is 5.36. The molecule has 1 N–H and O–H groups in total. The number of rotatable bonds is 6. The molecule has 142 valence electrons. The molecule has 1 aliphatic heterocycles. The number of amides is 1. The molecule has 27 heavy (non-hydrogen) atoms. The number of benzene rings is 2. The normalized spacial score (nSPS) is 14.0. The molecule has 0 bridgehead atoms. The molecular weight excluding hydrogens is 369 g/mol. The fourth-order valence-corrected chi connectivity index (χ4v) is 3.72. The lowest BCUT2D eigenvalue weighted by molar-refractivity contribution is -0.384. The second-order valence-corrected chi connectivity index (χ2v) is 7.35. The molecule has 0 aliphatic carbocycles. The number of carbonyl (C=O) groups is 1. The first-order chi connectivity index (χ1) is 13.0. The van der Waals surface area contributed by atoms with Crippen LogP contribution in [0.2, 0.25) is 0 Å². The van der Waals surface area contributed by atoms with Crippen molar-refractivity contribution in [2.24, 2.45) is 0 Å². The first-order valence-electron chi connectivity index (χ1n) is 8.74. The molecular formula is C19H20FN3O3S. The number of thioether (sulfide) groups is 1. The summed E-state index contributed by atoms with van der Waals surface area (Å²) in [5.74, 6) is -0.510. The van der Waals surface area contributed by atoms with Gasteiger partial charge in [-0.1, -0.05) is 0 Å². The summed E-state index contributed by atoms with van der Waals surface area (Å²) in [6.07, 6.45) is 3.35. The first kappa shape index (κ1) is 19.2. The Balaban J connectivity index is 1.63. The average molecular weight is 389 g/mol. The Bertz CT molecular complexity index is 823. The van der Waals surface area contributed by atoms with Crippen LogP contribution >= 0.6 is 11.8 Å². The molecule has 8 heteroatoms. The van der Waals surface area contributed by atoms with Crippen molar-refractivity contribution in [2.75, 3.05) is 29.1 Å². The van der Waals surface area contributed by atoms with Gasteiger partial charge in [-0.3, -0.25) is 14.9 Å². The summed E-state index contributed by atoms with van der Waals surface area (Å²) >= 11 is 1.27. The van der Waals surface area contributed by atoms with E-state index in [9.17, 15) is 19.3 Å². The largest absolute Gasteiger partial charge is 0.370 e. The first-order valence-corrected chi connectivity index (χ1v) is 9.73. The summed E-state index contributed by atoms with van der Waals surface area (Å²) in [5.41, 5.74) is 1.32. The van der Waals surface area contributed by atoms with Crippen LogP contribution in [0, 0.1) is 15.9 Å². The van der Waals surface area contributed by atoms with Crippen molar-refractivity contribution < 1.29 is 14.1 Å². The van der Waals surface area contributed by atoms with Gasteiger partial charge in [0.15, 0.2) is 0 Å². The van der Waals surface area contributed by atoms with E-state index in [0.717, 1.165) is 36.5 Å². The summed E-state index contributed by atoms with van der Waals surface area (Å²) in [7, 11) is 0. The van der Waals surface area contributed by atoms with Crippen LogP contribution in [0.4, 0.5) is 21.5 Å². The second-order valence-electron chi connectivity index (χ2n) is 6.30. The van der Waals surface area contributed by atoms with E-state index in [0.29, 0.717) is 5.69 Å². The van der Waals surface area contributed by atoms with E-state index < -0.39 is 10.7 Å². The van der Waals surface area contributed by atoms with Crippen molar-refractivity contribution in [1.29, 1.82) is 0 Å². The van der Waals surface area contributed by atoms with Crippen LogP contribution in [-0.4, -0.2) is 29.7 Å². The lowest BCUT2D eigenvalue weighted by Crippen LogP contribution is -2.30. The Morgan fingerprint density at radius 2 is 1.85 bits per heavy atom. The van der Waals surface area contributed by atoms with Gasteiger partial charge in [-0.25, -0.2) is 4.39 Å². The highest BCUT2D eigenvalue weighted by Gasteiger charge is 2.17. The van der Waals surface area contributed by atoms with Crippen molar-refractivity contribution >= 4 is 34.7 Å². The number of nitro groups is 1. The van der Waals surface area contributed by atoms with Crippen LogP contribution in [0.1, 0.15) is 19.3 Å². The Hall–Kier alpha value is -2.61. The van der Waals surface area contributed by atoms with Crippen molar-refractivity contribution in [3.05, 3.63) is 58.4 Å². The highest BCUT2D eigenvalue weighted by atomic mass is 32.2. The van der Waals surface area contributed by atoms with E-state index in [4.69, 9.17) is 0 Å². The van der Waals surface area contributed by atoms with Gasteiger partial charge < -0.3 is 10.2 Å². The predicted octanol–water partition coefficient (Wildman–Crippen LogP) is 4.46. The minimum absolute atomic E-state index is 0.00901. The predicted molar refractivity (Wildman–Crippen MR) is 105 cm³/mol. The van der Waals surface area contributed by atoms with Crippen LogP contribution in [-0.2, 0) is 4.79 Å². The van der Waals surface area contributed by atoms with Crippen molar-refractivity contribution in [1.82, 2.24) is 0 Å². The molecule has 1 saturated heterocycles. The van der Waals surface area contributed by atoms with E-state index in [1.807, 2.05) is 0 Å². The Morgan fingerprint density at radius 1 is 1.15 bits per heavy atom. The molecule has 1 heterocycles. The average Bonchev–Trinajstić information content (AvgIpc) is 2.67. The summed E-state index contributed by atoms with van der Waals surface area (Å²) < 4.78 is 13.7. The molecule has 6 nitrogen and oxygen atoms in total. The summed E-state index contributed by atoms with van der Waals surface area (Å²) in [4.78, 5) is 25.5. The standard InChI is InChI=1S/C19H20FN3O3S/c20-14-4-9-18(22-10-2-1-3-11-22)17(12-14)21-19(24)13-27-16-7-5-15(6-8-16)23(25)26/h4-9,12H,1-3,10-11,13H2,(H,21,24). The molecule has 0 unspecified atom stereocenters. The fourth-order valence-electron chi connectivity index (χ4n) is 3.02. The number of nitro benzene ring substituents is 1. The molecule has 3 rings (SSSR count). The zero-order chi connectivity index (χ0) is 19.2. The van der Waals surface area contributed by atoms with Crippen molar-refractivity contribution in [3.63, 3.8) is 0 Å². The Labute approximate surface area is 160 Å². The molecule has 1 aliphatic rings. The third-order valence-electron chi connectivity index (χ3n) is 4.35. The Morgan fingerprint density at radius 3 is 2.52 bits per heavy atom. The maximum atomic E-state index is 13.7. The van der Waals surface area contributed by atoms with Gasteiger partial charge in [-0.15, -0.1) is 11.8 Å². The van der Waals surface area contributed by atoms with Gasteiger partial charge in [-0.05, 0) is 49.6 Å². The lowest BCUT2D eigenvalue weighted by Gasteiger charge is -2.30. The molecule has 0 saturated carbocycles. The number of carbonyl (C=O) groups excluding carboxylic acids is 1. The van der Waals surface area contributed by atoms with Crippen LogP contribution in [0.25, 0.3) is 0 Å². The van der Waals surface area contributed by atoms with Gasteiger partial charge in [0.05, 0.1) is 22.1 Å². The number of non-ortho nitro benzene ring substituents is 1. The summed E-state index contributed by atoms with van der Waals surface area (Å²) in [6, 6.07) is 10.5. The maximum Gasteiger partial charge on any atom is 0.269 e. The topological polar surface area (TPSA) is 75.5 Å². The number of nitrogens with one attached hydrogen (secondary N) is 1. The monoisotopic (exact) mass is 389 g/mol. The molecule has 0 aromatic heterocycles. The number of anilines is 2. The minimum atomic E-state index is -0.465. The quantitative estimate of drug-likeness (QED) is 0.449. The van der Waals surface area contributed by atoms with E-state index in [-0.39, 0.29) is 17.3 Å². The SMILES string of the molecule is O=C(CSc1ccc([N+](=O)[O-])cc1)Nc1cc(F)ccc1N1CCCCC1. The van der Waals surface area contributed by atoms with Gasteiger partial charge in [0.25, 0.3) is 5.69 Å². The van der Waals surface area contributed by atoms with Gasteiger partial charge in [0.1, 0.15) is 5.82 Å². The minimum Gasteiger partial charge on any atom is -0.370 e. The highest BCUT2D eigenvalue weighted by molar-refractivity contribution is 8.00. The smallest absolute Gasteiger partial charge is 0.269 e. The zero-order valence-corrected chi connectivity index (χ0v) is 15.5. The van der Waals surface area contributed by atoms with Crippen LogP contribution in [0.5, 0.6) is 0 Å².